The molecule has 0 spiro atoms. The van der Waals surface area contributed by atoms with Crippen LogP contribution in [0.2, 0.25) is 5.02 Å². The fourth-order valence-corrected chi connectivity index (χ4v) is 2.40. The van der Waals surface area contributed by atoms with E-state index in [1.54, 1.807) is 12.4 Å². The molecule has 0 fully saturated rings. The Bertz CT molecular complexity index is 562. The van der Waals surface area contributed by atoms with Crippen LogP contribution in [-0.2, 0) is 0 Å². The fraction of sp³-hybridized carbons (Fsp3) is 0.231. The fourth-order valence-electron chi connectivity index (χ4n) is 1.49. The monoisotopic (exact) mass is 388 g/mol. The van der Waals surface area contributed by atoms with E-state index in [0.29, 0.717) is 10.8 Å². The average Bonchev–Trinajstić information content (AvgIpc) is 2.40. The third kappa shape index (κ3) is 4.21. The van der Waals surface area contributed by atoms with Gasteiger partial charge in [-0.25, -0.2) is 4.98 Å². The lowest BCUT2D eigenvalue weighted by Gasteiger charge is -2.09. The van der Waals surface area contributed by atoms with Gasteiger partial charge in [0.1, 0.15) is 5.82 Å². The Morgan fingerprint density at radius 2 is 2.05 bits per heavy atom. The molecule has 1 aromatic carbocycles. The summed E-state index contributed by atoms with van der Waals surface area (Å²) in [6.45, 7) is 2.98. The first kappa shape index (κ1) is 14.3. The zero-order valence-corrected chi connectivity index (χ0v) is 13.4. The first-order valence-corrected chi connectivity index (χ1v) is 7.42. The van der Waals surface area contributed by atoms with Gasteiger partial charge < -0.3 is 10.6 Å². The maximum Gasteiger partial charge on any atom is 0.151 e. The Hall–Kier alpha value is -1.08. The van der Waals surface area contributed by atoms with Crippen molar-refractivity contribution in [3.63, 3.8) is 0 Å². The number of hydrogen-bond donors (Lipinski definition) is 2. The highest BCUT2D eigenvalue weighted by molar-refractivity contribution is 14.1. The molecule has 0 aliphatic rings. The second-order valence-corrected chi connectivity index (χ2v) is 5.62. The third-order valence-corrected chi connectivity index (χ3v) is 3.37. The van der Waals surface area contributed by atoms with Crippen molar-refractivity contribution in [3.8, 4) is 0 Å². The van der Waals surface area contributed by atoms with Gasteiger partial charge in [-0.05, 0) is 47.2 Å². The Labute approximate surface area is 131 Å². The number of benzene rings is 1. The summed E-state index contributed by atoms with van der Waals surface area (Å²) >= 11 is 8.40. The molecular formula is C13H14ClIN4. The van der Waals surface area contributed by atoms with Gasteiger partial charge in [0.05, 0.1) is 23.1 Å². The highest BCUT2D eigenvalue weighted by Crippen LogP contribution is 2.26. The first-order valence-electron chi connectivity index (χ1n) is 5.97. The molecule has 0 atom stereocenters. The van der Waals surface area contributed by atoms with Gasteiger partial charge in [-0.15, -0.1) is 0 Å². The number of hydrogen-bond acceptors (Lipinski definition) is 4. The summed E-state index contributed by atoms with van der Waals surface area (Å²) < 4.78 is 1.09. The van der Waals surface area contributed by atoms with Gasteiger partial charge in [-0.2, -0.15) is 0 Å². The van der Waals surface area contributed by atoms with E-state index in [-0.39, 0.29) is 0 Å². The van der Waals surface area contributed by atoms with E-state index >= 15 is 0 Å². The molecule has 0 radical (unpaired) electrons. The van der Waals surface area contributed by atoms with Crippen LogP contribution in [0.15, 0.2) is 30.6 Å². The molecule has 4 nitrogen and oxygen atoms in total. The van der Waals surface area contributed by atoms with Crippen LogP contribution >= 0.6 is 34.2 Å². The van der Waals surface area contributed by atoms with Gasteiger partial charge in [0, 0.05) is 10.1 Å². The molecule has 6 heteroatoms. The van der Waals surface area contributed by atoms with Gasteiger partial charge in [0.25, 0.3) is 0 Å². The van der Waals surface area contributed by atoms with Crippen molar-refractivity contribution in [2.45, 2.75) is 13.3 Å². The Balaban J connectivity index is 2.14. The molecule has 0 bridgehead atoms. The molecule has 0 aliphatic heterocycles. The molecule has 1 heterocycles. The smallest absolute Gasteiger partial charge is 0.151 e. The van der Waals surface area contributed by atoms with Gasteiger partial charge in [0.2, 0.25) is 0 Å². The first-order chi connectivity index (χ1) is 9.19. The summed E-state index contributed by atoms with van der Waals surface area (Å²) in [5, 5.41) is 7.03. The SMILES string of the molecule is CCCNc1cncc(Nc2ccc(I)cc2Cl)n1. The Kier molecular flexibility index (Phi) is 5.21. The molecule has 0 aliphatic carbocycles. The Morgan fingerprint density at radius 1 is 1.26 bits per heavy atom. The number of aromatic nitrogens is 2. The summed E-state index contributed by atoms with van der Waals surface area (Å²) in [5.74, 6) is 1.43. The normalized spacial score (nSPS) is 10.3. The summed E-state index contributed by atoms with van der Waals surface area (Å²) in [6, 6.07) is 5.82. The summed E-state index contributed by atoms with van der Waals surface area (Å²) in [5.41, 5.74) is 0.823. The van der Waals surface area contributed by atoms with Crippen molar-refractivity contribution >= 4 is 51.5 Å². The summed E-state index contributed by atoms with van der Waals surface area (Å²) in [4.78, 5) is 8.57. The van der Waals surface area contributed by atoms with Crippen molar-refractivity contribution in [1.29, 1.82) is 0 Å². The lowest BCUT2D eigenvalue weighted by molar-refractivity contribution is 0.965. The van der Waals surface area contributed by atoms with Crippen molar-refractivity contribution in [1.82, 2.24) is 9.97 Å². The molecule has 0 amide bonds. The molecule has 0 saturated heterocycles. The number of nitrogens with one attached hydrogen (secondary N) is 2. The van der Waals surface area contributed by atoms with Crippen LogP contribution in [0.25, 0.3) is 0 Å². The zero-order chi connectivity index (χ0) is 13.7. The standard InChI is InChI=1S/C13H14ClIN4/c1-2-5-17-12-7-16-8-13(19-12)18-11-4-3-9(15)6-10(11)14/h3-4,6-8H,2,5H2,1H3,(H2,17,18,19). The lowest BCUT2D eigenvalue weighted by Crippen LogP contribution is -2.04. The van der Waals surface area contributed by atoms with Crippen LogP contribution in [0.3, 0.4) is 0 Å². The van der Waals surface area contributed by atoms with E-state index in [4.69, 9.17) is 11.6 Å². The highest BCUT2D eigenvalue weighted by atomic mass is 127. The van der Waals surface area contributed by atoms with Gasteiger partial charge >= 0.3 is 0 Å². The van der Waals surface area contributed by atoms with E-state index in [2.05, 4.69) is 50.1 Å². The van der Waals surface area contributed by atoms with E-state index in [9.17, 15) is 0 Å². The second-order valence-electron chi connectivity index (χ2n) is 3.97. The number of halogens is 2. The molecular weight excluding hydrogens is 375 g/mol. The van der Waals surface area contributed by atoms with Crippen molar-refractivity contribution in [3.05, 3.63) is 39.2 Å². The third-order valence-electron chi connectivity index (χ3n) is 2.38. The van der Waals surface area contributed by atoms with Crippen LogP contribution in [0, 0.1) is 3.57 Å². The predicted octanol–water partition coefficient (Wildman–Crippen LogP) is 4.30. The molecule has 2 rings (SSSR count). The van der Waals surface area contributed by atoms with Crippen LogP contribution < -0.4 is 10.6 Å². The number of anilines is 3. The van der Waals surface area contributed by atoms with Gasteiger partial charge in [0.15, 0.2) is 5.82 Å². The van der Waals surface area contributed by atoms with E-state index in [1.807, 2.05) is 18.2 Å². The molecule has 2 N–H and O–H groups in total. The van der Waals surface area contributed by atoms with Crippen LogP contribution in [0.1, 0.15) is 13.3 Å². The van der Waals surface area contributed by atoms with Crippen molar-refractivity contribution < 1.29 is 0 Å². The molecule has 1 aromatic heterocycles. The van der Waals surface area contributed by atoms with Gasteiger partial charge in [-0.3, -0.25) is 4.98 Å². The van der Waals surface area contributed by atoms with E-state index < -0.39 is 0 Å². The Morgan fingerprint density at radius 3 is 2.79 bits per heavy atom. The highest BCUT2D eigenvalue weighted by Gasteiger charge is 2.03. The maximum atomic E-state index is 6.17. The van der Waals surface area contributed by atoms with Crippen LogP contribution in [0.5, 0.6) is 0 Å². The minimum absolute atomic E-state index is 0.667. The van der Waals surface area contributed by atoms with Crippen molar-refractivity contribution in [2.75, 3.05) is 17.2 Å². The topological polar surface area (TPSA) is 49.8 Å². The quantitative estimate of drug-likeness (QED) is 0.750. The molecule has 19 heavy (non-hydrogen) atoms. The minimum atomic E-state index is 0.667. The minimum Gasteiger partial charge on any atom is -0.369 e. The largest absolute Gasteiger partial charge is 0.369 e. The van der Waals surface area contributed by atoms with Crippen molar-refractivity contribution in [2.24, 2.45) is 0 Å². The second kappa shape index (κ2) is 6.91. The molecule has 2 aromatic rings. The molecule has 100 valence electrons. The number of rotatable bonds is 5. The van der Waals surface area contributed by atoms with E-state index in [0.717, 1.165) is 28.0 Å². The van der Waals surface area contributed by atoms with Crippen LogP contribution in [-0.4, -0.2) is 16.5 Å². The predicted molar refractivity (Wildman–Crippen MR) is 88.3 cm³/mol. The summed E-state index contributed by atoms with van der Waals surface area (Å²) in [7, 11) is 0. The molecule has 0 unspecified atom stereocenters. The van der Waals surface area contributed by atoms with Gasteiger partial charge in [-0.1, -0.05) is 18.5 Å². The maximum absolute atomic E-state index is 6.17. The zero-order valence-electron chi connectivity index (χ0n) is 10.5. The average molecular weight is 389 g/mol. The lowest BCUT2D eigenvalue weighted by atomic mass is 10.3. The molecule has 0 saturated carbocycles. The summed E-state index contributed by atoms with van der Waals surface area (Å²) in [6.07, 6.45) is 4.42. The van der Waals surface area contributed by atoms with E-state index in [1.165, 1.54) is 0 Å². The number of nitrogens with zero attached hydrogens (tertiary/aromatic N) is 2. The van der Waals surface area contributed by atoms with Crippen LogP contribution in [0.4, 0.5) is 17.3 Å².